The number of rotatable bonds is 2. The highest BCUT2D eigenvalue weighted by Crippen LogP contribution is 2.38. The maximum absolute atomic E-state index is 5.44. The highest BCUT2D eigenvalue weighted by Gasteiger charge is 2.20. The summed E-state index contributed by atoms with van der Waals surface area (Å²) in [6.45, 7) is 4.32. The molecule has 3 heteroatoms. The number of piperidine rings is 1. The Hall–Kier alpha value is -0.540. The Morgan fingerprint density at radius 3 is 2.62 bits per heavy atom. The molecule has 1 aliphatic rings. The quantitative estimate of drug-likeness (QED) is 0.900. The summed E-state index contributed by atoms with van der Waals surface area (Å²) < 4.78 is 6.59. The maximum atomic E-state index is 5.44. The molecule has 0 bridgehead atoms. The summed E-state index contributed by atoms with van der Waals surface area (Å²) >= 11 is 3.68. The van der Waals surface area contributed by atoms with Gasteiger partial charge in [-0.15, -0.1) is 0 Å². The number of hydrogen-bond acceptors (Lipinski definition) is 2. The number of hydrogen-bond donors (Lipinski definition) is 1. The molecule has 16 heavy (non-hydrogen) atoms. The van der Waals surface area contributed by atoms with Gasteiger partial charge in [0.05, 0.1) is 11.6 Å². The summed E-state index contributed by atoms with van der Waals surface area (Å²) in [7, 11) is 1.74. The maximum Gasteiger partial charge on any atom is 0.136 e. The van der Waals surface area contributed by atoms with E-state index in [9.17, 15) is 0 Å². The minimum atomic E-state index is 0.658. The Labute approximate surface area is 106 Å². The Balaban J connectivity index is 2.33. The van der Waals surface area contributed by atoms with Gasteiger partial charge in [0.25, 0.3) is 0 Å². The number of methoxy groups -OCH3 is 1. The molecule has 1 heterocycles. The Bertz CT molecular complexity index is 372. The molecule has 0 aliphatic carbocycles. The fourth-order valence-electron chi connectivity index (χ4n) is 2.37. The number of aryl methyl sites for hydroxylation is 1. The molecule has 0 spiro atoms. The van der Waals surface area contributed by atoms with Crippen molar-refractivity contribution < 1.29 is 4.74 Å². The summed E-state index contributed by atoms with van der Waals surface area (Å²) in [5.41, 5.74) is 2.58. The predicted molar refractivity (Wildman–Crippen MR) is 70.3 cm³/mol. The van der Waals surface area contributed by atoms with Gasteiger partial charge in [0.2, 0.25) is 0 Å². The van der Waals surface area contributed by atoms with Crippen LogP contribution in [0.5, 0.6) is 5.75 Å². The zero-order valence-electron chi connectivity index (χ0n) is 9.85. The molecule has 1 fully saturated rings. The number of benzene rings is 1. The normalized spacial score (nSPS) is 17.4. The lowest BCUT2D eigenvalue weighted by molar-refractivity contribution is 0.405. The molecule has 1 aromatic rings. The van der Waals surface area contributed by atoms with E-state index in [1.807, 2.05) is 0 Å². The summed E-state index contributed by atoms with van der Waals surface area (Å²) in [5, 5.41) is 3.40. The summed E-state index contributed by atoms with van der Waals surface area (Å²) in [6, 6.07) is 4.39. The van der Waals surface area contributed by atoms with Crippen molar-refractivity contribution in [2.75, 3.05) is 20.2 Å². The van der Waals surface area contributed by atoms with Gasteiger partial charge in [0.1, 0.15) is 5.75 Å². The van der Waals surface area contributed by atoms with E-state index in [1.54, 1.807) is 7.11 Å². The van der Waals surface area contributed by atoms with E-state index in [0.29, 0.717) is 5.92 Å². The molecule has 1 aromatic carbocycles. The molecule has 88 valence electrons. The number of halogens is 1. The van der Waals surface area contributed by atoms with Gasteiger partial charge < -0.3 is 10.1 Å². The van der Waals surface area contributed by atoms with E-state index in [1.165, 1.54) is 24.0 Å². The van der Waals surface area contributed by atoms with E-state index in [-0.39, 0.29) is 0 Å². The van der Waals surface area contributed by atoms with Crippen LogP contribution in [0.1, 0.15) is 29.9 Å². The first-order valence-electron chi connectivity index (χ1n) is 5.77. The van der Waals surface area contributed by atoms with Crippen molar-refractivity contribution in [2.24, 2.45) is 0 Å². The van der Waals surface area contributed by atoms with Crippen LogP contribution in [0, 0.1) is 6.92 Å². The lowest BCUT2D eigenvalue weighted by Crippen LogP contribution is -2.26. The minimum Gasteiger partial charge on any atom is -0.495 e. The molecular weight excluding hydrogens is 266 g/mol. The van der Waals surface area contributed by atoms with E-state index in [4.69, 9.17) is 4.74 Å². The fraction of sp³-hybridized carbons (Fsp3) is 0.538. The first-order chi connectivity index (χ1) is 7.74. The predicted octanol–water partition coefficient (Wildman–Crippen LogP) is 3.23. The third kappa shape index (κ3) is 2.25. The van der Waals surface area contributed by atoms with Crippen molar-refractivity contribution in [1.29, 1.82) is 0 Å². The van der Waals surface area contributed by atoms with Gasteiger partial charge in [-0.1, -0.05) is 12.1 Å². The molecule has 0 amide bonds. The van der Waals surface area contributed by atoms with Crippen LogP contribution in [0.2, 0.25) is 0 Å². The van der Waals surface area contributed by atoms with Crippen molar-refractivity contribution in [3.05, 3.63) is 27.7 Å². The zero-order valence-corrected chi connectivity index (χ0v) is 11.4. The highest BCUT2D eigenvalue weighted by atomic mass is 79.9. The molecule has 0 radical (unpaired) electrons. The lowest BCUT2D eigenvalue weighted by Gasteiger charge is -2.25. The second kappa shape index (κ2) is 5.19. The van der Waals surface area contributed by atoms with Gasteiger partial charge in [0.15, 0.2) is 0 Å². The van der Waals surface area contributed by atoms with Gasteiger partial charge in [-0.2, -0.15) is 0 Å². The summed E-state index contributed by atoms with van der Waals surface area (Å²) in [6.07, 6.45) is 2.43. The second-order valence-electron chi connectivity index (χ2n) is 4.34. The average Bonchev–Trinajstić information content (AvgIpc) is 2.31. The van der Waals surface area contributed by atoms with Gasteiger partial charge in [-0.3, -0.25) is 0 Å². The molecular formula is C13H18BrNO. The van der Waals surface area contributed by atoms with Crippen LogP contribution in [0.15, 0.2) is 16.6 Å². The van der Waals surface area contributed by atoms with Gasteiger partial charge >= 0.3 is 0 Å². The molecule has 0 atom stereocenters. The van der Waals surface area contributed by atoms with Crippen molar-refractivity contribution in [3.8, 4) is 5.75 Å². The molecule has 0 aromatic heterocycles. The van der Waals surface area contributed by atoms with E-state index in [2.05, 4.69) is 40.3 Å². The van der Waals surface area contributed by atoms with Crippen molar-refractivity contribution >= 4 is 15.9 Å². The van der Waals surface area contributed by atoms with Crippen LogP contribution in [0.3, 0.4) is 0 Å². The van der Waals surface area contributed by atoms with E-state index in [0.717, 1.165) is 23.3 Å². The molecule has 1 N–H and O–H groups in total. The topological polar surface area (TPSA) is 21.3 Å². The summed E-state index contributed by atoms with van der Waals surface area (Å²) in [4.78, 5) is 0. The van der Waals surface area contributed by atoms with Crippen LogP contribution in [0.4, 0.5) is 0 Å². The van der Waals surface area contributed by atoms with Crippen LogP contribution >= 0.6 is 15.9 Å². The largest absolute Gasteiger partial charge is 0.495 e. The molecule has 0 unspecified atom stereocenters. The van der Waals surface area contributed by atoms with Crippen LogP contribution in [-0.4, -0.2) is 20.2 Å². The summed E-state index contributed by atoms with van der Waals surface area (Å²) in [5.74, 6) is 1.64. The molecule has 2 nitrogen and oxygen atoms in total. The molecule has 1 saturated heterocycles. The van der Waals surface area contributed by atoms with Crippen LogP contribution < -0.4 is 10.1 Å². The van der Waals surface area contributed by atoms with Crippen LogP contribution in [0.25, 0.3) is 0 Å². The number of ether oxygens (including phenoxy) is 1. The second-order valence-corrected chi connectivity index (χ2v) is 5.14. The van der Waals surface area contributed by atoms with E-state index < -0.39 is 0 Å². The van der Waals surface area contributed by atoms with Gasteiger partial charge in [0, 0.05) is 0 Å². The SMILES string of the molecule is COc1c(C)ccc(C2CCNCC2)c1Br. The van der Waals surface area contributed by atoms with Crippen LogP contribution in [-0.2, 0) is 0 Å². The molecule has 0 saturated carbocycles. The van der Waals surface area contributed by atoms with Crippen molar-refractivity contribution in [3.63, 3.8) is 0 Å². The van der Waals surface area contributed by atoms with Gasteiger partial charge in [-0.05, 0) is 65.8 Å². The molecule has 2 rings (SSSR count). The zero-order chi connectivity index (χ0) is 11.5. The Morgan fingerprint density at radius 1 is 1.31 bits per heavy atom. The highest BCUT2D eigenvalue weighted by molar-refractivity contribution is 9.10. The smallest absolute Gasteiger partial charge is 0.136 e. The van der Waals surface area contributed by atoms with Crippen molar-refractivity contribution in [2.45, 2.75) is 25.7 Å². The third-order valence-electron chi connectivity index (χ3n) is 3.31. The Morgan fingerprint density at radius 2 is 2.00 bits per heavy atom. The van der Waals surface area contributed by atoms with Crippen molar-refractivity contribution in [1.82, 2.24) is 5.32 Å². The molecule has 1 aliphatic heterocycles. The average molecular weight is 284 g/mol. The van der Waals surface area contributed by atoms with Gasteiger partial charge in [-0.25, -0.2) is 0 Å². The first kappa shape index (κ1) is 11.9. The van der Waals surface area contributed by atoms with E-state index >= 15 is 0 Å². The first-order valence-corrected chi connectivity index (χ1v) is 6.57. The Kier molecular flexibility index (Phi) is 3.87. The lowest BCUT2D eigenvalue weighted by atomic mass is 9.89. The minimum absolute atomic E-state index is 0.658. The standard InChI is InChI=1S/C13H18BrNO/c1-9-3-4-11(12(14)13(9)16-2)10-5-7-15-8-6-10/h3-4,10,15H,5-8H2,1-2H3. The number of nitrogens with one attached hydrogen (secondary N) is 1. The third-order valence-corrected chi connectivity index (χ3v) is 4.12. The monoisotopic (exact) mass is 283 g/mol. The fourth-order valence-corrected chi connectivity index (χ4v) is 3.30.